The molecule has 2 aromatic carbocycles. The lowest BCUT2D eigenvalue weighted by molar-refractivity contribution is -0.169. The maximum Gasteiger partial charge on any atom is 0.288 e. The van der Waals surface area contributed by atoms with Crippen molar-refractivity contribution in [3.8, 4) is 17.6 Å². The first-order valence-electron chi connectivity index (χ1n) is 15.7. The van der Waals surface area contributed by atoms with E-state index in [2.05, 4.69) is 32.8 Å². The molecule has 1 atom stereocenters. The standard InChI is InChI=1S/C34H38N6O5S/c1-4-45-30-11-9-26(44-3)18-28(30)34(39-22-33(23-39)20-38(21-33)25-12-15-37(2)16-13-25)27-17-24(19-35)8-10-29(27)40(32(34)41)46(42,43)31-7-5-6-14-36-31/h5-11,14,17-18,25H,4,12-13,15-16,20-23H2,1-3H3/t34-/m0/s1. The lowest BCUT2D eigenvalue weighted by atomic mass is 9.67. The van der Waals surface area contributed by atoms with Crippen LogP contribution in [0.25, 0.3) is 0 Å². The van der Waals surface area contributed by atoms with E-state index in [0.29, 0.717) is 53.9 Å². The van der Waals surface area contributed by atoms with Gasteiger partial charge in [-0.25, -0.2) is 4.98 Å². The van der Waals surface area contributed by atoms with Gasteiger partial charge in [0.25, 0.3) is 15.9 Å². The normalized spacial score (nSPS) is 23.4. The van der Waals surface area contributed by atoms with Gasteiger partial charge in [0, 0.05) is 55.0 Å². The Balaban J connectivity index is 1.36. The molecule has 3 fully saturated rings. The number of pyridine rings is 1. The minimum absolute atomic E-state index is 0.0123. The molecule has 1 amide bonds. The number of carbonyl (C=O) groups excluding carboxylic acids is 1. The lowest BCUT2D eigenvalue weighted by Gasteiger charge is -2.65. The summed E-state index contributed by atoms with van der Waals surface area (Å²) in [5.74, 6) is 0.297. The van der Waals surface area contributed by atoms with E-state index in [-0.39, 0.29) is 16.1 Å². The lowest BCUT2D eigenvalue weighted by Crippen LogP contribution is -2.77. The molecule has 0 bridgehead atoms. The Bertz CT molecular complexity index is 1810. The average molecular weight is 643 g/mol. The third-order valence-corrected chi connectivity index (χ3v) is 11.7. The number of benzene rings is 2. The van der Waals surface area contributed by atoms with Gasteiger partial charge in [0.2, 0.25) is 0 Å². The number of hydrogen-bond donors (Lipinski definition) is 0. The number of amides is 1. The van der Waals surface area contributed by atoms with Crippen LogP contribution < -0.4 is 13.8 Å². The summed E-state index contributed by atoms with van der Waals surface area (Å²) < 4.78 is 41.2. The molecule has 1 aromatic heterocycles. The highest BCUT2D eigenvalue weighted by Crippen LogP contribution is 2.57. The summed E-state index contributed by atoms with van der Waals surface area (Å²) in [6.45, 7) is 7.40. The number of likely N-dealkylation sites (tertiary alicyclic amines) is 3. The summed E-state index contributed by atoms with van der Waals surface area (Å²) in [6.07, 6.45) is 3.68. The molecule has 0 unspecified atom stereocenters. The van der Waals surface area contributed by atoms with Gasteiger partial charge in [0.15, 0.2) is 10.6 Å². The number of piperidine rings is 1. The molecule has 46 heavy (non-hydrogen) atoms. The van der Waals surface area contributed by atoms with Gasteiger partial charge < -0.3 is 14.4 Å². The Morgan fingerprint density at radius 1 is 1.02 bits per heavy atom. The third-order valence-electron chi connectivity index (χ3n) is 10.1. The average Bonchev–Trinajstić information content (AvgIpc) is 3.29. The summed E-state index contributed by atoms with van der Waals surface area (Å²) in [5.41, 5.74) is -0.186. The zero-order valence-electron chi connectivity index (χ0n) is 26.3. The number of nitriles is 1. The van der Waals surface area contributed by atoms with Gasteiger partial charge in [-0.15, -0.1) is 0 Å². The summed E-state index contributed by atoms with van der Waals surface area (Å²) in [4.78, 5) is 26.4. The molecular formula is C34H38N6O5S. The first kappa shape index (κ1) is 30.6. The molecule has 3 saturated heterocycles. The van der Waals surface area contributed by atoms with Crippen molar-refractivity contribution in [1.29, 1.82) is 5.26 Å². The third kappa shape index (κ3) is 4.59. The molecule has 5 heterocycles. The number of ether oxygens (including phenoxy) is 2. The van der Waals surface area contributed by atoms with E-state index < -0.39 is 21.5 Å². The second-order valence-corrected chi connectivity index (χ2v) is 14.6. The minimum atomic E-state index is -4.43. The van der Waals surface area contributed by atoms with Gasteiger partial charge in [0.1, 0.15) is 11.5 Å². The van der Waals surface area contributed by atoms with Gasteiger partial charge in [-0.2, -0.15) is 18.0 Å². The van der Waals surface area contributed by atoms with Crippen molar-refractivity contribution in [3.63, 3.8) is 0 Å². The van der Waals surface area contributed by atoms with Crippen molar-refractivity contribution in [2.45, 2.75) is 36.4 Å². The van der Waals surface area contributed by atoms with Gasteiger partial charge in [-0.1, -0.05) is 6.07 Å². The predicted octanol–water partition coefficient (Wildman–Crippen LogP) is 3.05. The zero-order chi connectivity index (χ0) is 32.3. The second-order valence-electron chi connectivity index (χ2n) is 12.9. The molecule has 4 aliphatic heterocycles. The van der Waals surface area contributed by atoms with Crippen molar-refractivity contribution in [3.05, 3.63) is 77.5 Å². The van der Waals surface area contributed by atoms with Gasteiger partial charge in [-0.3, -0.25) is 14.6 Å². The summed E-state index contributed by atoms with van der Waals surface area (Å²) in [7, 11) is -0.715. The molecule has 4 aliphatic rings. The number of fused-ring (bicyclic) bond motifs is 1. The van der Waals surface area contributed by atoms with Crippen LogP contribution in [0.15, 0.2) is 65.8 Å². The van der Waals surface area contributed by atoms with Crippen LogP contribution in [-0.4, -0.2) is 100 Å². The Labute approximate surface area is 270 Å². The number of carbonyl (C=O) groups is 1. The Morgan fingerprint density at radius 3 is 2.43 bits per heavy atom. The maximum absolute atomic E-state index is 15.2. The second kappa shape index (κ2) is 11.3. The summed E-state index contributed by atoms with van der Waals surface area (Å²) in [6, 6.07) is 17.4. The Kier molecular flexibility index (Phi) is 7.55. The highest BCUT2D eigenvalue weighted by molar-refractivity contribution is 7.93. The molecule has 0 N–H and O–H groups in total. The highest BCUT2D eigenvalue weighted by Gasteiger charge is 2.67. The van der Waals surface area contributed by atoms with Crippen molar-refractivity contribution >= 4 is 21.6 Å². The van der Waals surface area contributed by atoms with Gasteiger partial charge in [0.05, 0.1) is 31.0 Å². The number of methoxy groups -OCH3 is 1. The molecule has 12 heteroatoms. The number of hydrogen-bond acceptors (Lipinski definition) is 10. The van der Waals surface area contributed by atoms with Crippen molar-refractivity contribution < 1.29 is 22.7 Å². The molecule has 3 aromatic rings. The largest absolute Gasteiger partial charge is 0.497 e. The fourth-order valence-electron chi connectivity index (χ4n) is 7.85. The minimum Gasteiger partial charge on any atom is -0.497 e. The van der Waals surface area contributed by atoms with Crippen LogP contribution in [0.1, 0.15) is 36.5 Å². The number of nitrogens with zero attached hydrogens (tertiary/aromatic N) is 6. The molecule has 7 rings (SSSR count). The highest BCUT2D eigenvalue weighted by atomic mass is 32.2. The molecule has 240 valence electrons. The van der Waals surface area contributed by atoms with E-state index in [1.165, 1.54) is 12.3 Å². The summed E-state index contributed by atoms with van der Waals surface area (Å²) >= 11 is 0. The zero-order valence-corrected chi connectivity index (χ0v) is 27.2. The number of rotatable bonds is 8. The number of aromatic nitrogens is 1. The number of sulfonamides is 1. The van der Waals surface area contributed by atoms with Crippen LogP contribution in [0.2, 0.25) is 0 Å². The van der Waals surface area contributed by atoms with E-state index in [0.717, 1.165) is 43.3 Å². The van der Waals surface area contributed by atoms with Gasteiger partial charge >= 0.3 is 0 Å². The monoisotopic (exact) mass is 642 g/mol. The van der Waals surface area contributed by atoms with Crippen molar-refractivity contribution in [2.24, 2.45) is 5.41 Å². The predicted molar refractivity (Wildman–Crippen MR) is 171 cm³/mol. The van der Waals surface area contributed by atoms with Crippen LogP contribution in [0.5, 0.6) is 11.5 Å². The Hall–Kier alpha value is -4.02. The maximum atomic E-state index is 15.2. The molecule has 1 spiro atoms. The van der Waals surface area contributed by atoms with Crippen LogP contribution >= 0.6 is 0 Å². The molecule has 0 radical (unpaired) electrons. The quantitative estimate of drug-likeness (QED) is 0.363. The van der Waals surface area contributed by atoms with Crippen LogP contribution in [-0.2, 0) is 20.4 Å². The molecule has 0 aliphatic carbocycles. The first-order chi connectivity index (χ1) is 22.2. The van der Waals surface area contributed by atoms with Crippen molar-refractivity contribution in [1.82, 2.24) is 19.7 Å². The SMILES string of the molecule is CCOc1ccc(OC)cc1[C@]1(N2CC3(CN(C4CCN(C)CC4)C3)C2)C(=O)N(S(=O)(=O)c2ccccn2)c2ccc(C#N)cc21. The van der Waals surface area contributed by atoms with E-state index in [1.807, 2.05) is 6.92 Å². The van der Waals surface area contributed by atoms with E-state index in [1.54, 1.807) is 55.6 Å². The molecule has 11 nitrogen and oxygen atoms in total. The summed E-state index contributed by atoms with van der Waals surface area (Å²) in [5, 5.41) is 9.73. The van der Waals surface area contributed by atoms with E-state index >= 15 is 4.79 Å². The van der Waals surface area contributed by atoms with Crippen molar-refractivity contribution in [2.75, 3.05) is 64.3 Å². The smallest absolute Gasteiger partial charge is 0.288 e. The van der Waals surface area contributed by atoms with Crippen LogP contribution in [0.3, 0.4) is 0 Å². The molecule has 0 saturated carbocycles. The van der Waals surface area contributed by atoms with Crippen LogP contribution in [0, 0.1) is 16.7 Å². The molecular weight excluding hydrogens is 604 g/mol. The topological polar surface area (TPSA) is 119 Å². The fourth-order valence-corrected chi connectivity index (χ4v) is 9.25. The van der Waals surface area contributed by atoms with E-state index in [9.17, 15) is 13.7 Å². The van der Waals surface area contributed by atoms with Gasteiger partial charge in [-0.05, 0) is 88.4 Å². The Morgan fingerprint density at radius 2 is 1.78 bits per heavy atom. The number of anilines is 1. The van der Waals surface area contributed by atoms with Crippen LogP contribution in [0.4, 0.5) is 5.69 Å². The first-order valence-corrected chi connectivity index (χ1v) is 17.2. The van der Waals surface area contributed by atoms with E-state index in [4.69, 9.17) is 9.47 Å². The fraction of sp³-hybridized carbons (Fsp3) is 0.441.